The Hall–Kier alpha value is -2.83. The molecule has 0 spiro atoms. The SMILES string of the molecule is Cc1cc(Cl)ccc1NC(C)C(=O)N/N=C/c1ccccc1OCc1cccc(Br)c1. The molecule has 0 radical (unpaired) electrons. The highest BCUT2D eigenvalue weighted by Gasteiger charge is 2.13. The molecule has 5 nitrogen and oxygen atoms in total. The summed E-state index contributed by atoms with van der Waals surface area (Å²) in [5.41, 5.74) is 6.20. The number of nitrogens with zero attached hydrogens (tertiary/aromatic N) is 1. The zero-order valence-electron chi connectivity index (χ0n) is 17.2. The number of halogens is 2. The first kappa shape index (κ1) is 22.8. The molecule has 0 aliphatic heterocycles. The van der Waals surface area contributed by atoms with Gasteiger partial charge in [-0.15, -0.1) is 0 Å². The Labute approximate surface area is 195 Å². The molecule has 0 aliphatic rings. The topological polar surface area (TPSA) is 62.7 Å². The number of hydrazone groups is 1. The average Bonchev–Trinajstić information content (AvgIpc) is 2.75. The lowest BCUT2D eigenvalue weighted by atomic mass is 10.2. The first-order valence-electron chi connectivity index (χ1n) is 9.74. The number of amides is 1. The van der Waals surface area contributed by atoms with Crippen LogP contribution >= 0.6 is 27.5 Å². The largest absolute Gasteiger partial charge is 0.488 e. The van der Waals surface area contributed by atoms with Crippen LogP contribution in [-0.4, -0.2) is 18.2 Å². The zero-order valence-corrected chi connectivity index (χ0v) is 19.6. The van der Waals surface area contributed by atoms with Crippen LogP contribution in [0.1, 0.15) is 23.6 Å². The predicted octanol–water partition coefficient (Wildman–Crippen LogP) is 5.94. The van der Waals surface area contributed by atoms with Crippen molar-refractivity contribution >= 4 is 45.3 Å². The van der Waals surface area contributed by atoms with Crippen LogP contribution in [0.15, 0.2) is 76.3 Å². The third kappa shape index (κ3) is 6.84. The molecule has 0 saturated carbocycles. The second-order valence-corrected chi connectivity index (χ2v) is 8.37. The minimum Gasteiger partial charge on any atom is -0.488 e. The van der Waals surface area contributed by atoms with E-state index in [1.54, 1.807) is 19.2 Å². The van der Waals surface area contributed by atoms with Crippen molar-refractivity contribution in [1.82, 2.24) is 5.43 Å². The maximum Gasteiger partial charge on any atom is 0.262 e. The molecule has 160 valence electrons. The van der Waals surface area contributed by atoms with Gasteiger partial charge in [-0.2, -0.15) is 5.10 Å². The summed E-state index contributed by atoms with van der Waals surface area (Å²) in [5, 5.41) is 7.92. The monoisotopic (exact) mass is 499 g/mol. The van der Waals surface area contributed by atoms with Crippen molar-refractivity contribution in [1.29, 1.82) is 0 Å². The van der Waals surface area contributed by atoms with Gasteiger partial charge in [0.05, 0.1) is 6.21 Å². The van der Waals surface area contributed by atoms with Crippen LogP contribution in [0, 0.1) is 6.92 Å². The number of carbonyl (C=O) groups excluding carboxylic acids is 1. The number of para-hydroxylation sites is 1. The summed E-state index contributed by atoms with van der Waals surface area (Å²) in [6.07, 6.45) is 1.58. The maximum absolute atomic E-state index is 12.4. The molecule has 0 saturated heterocycles. The molecule has 3 rings (SSSR count). The molecule has 3 aromatic carbocycles. The van der Waals surface area contributed by atoms with Gasteiger partial charge in [0.1, 0.15) is 18.4 Å². The Balaban J connectivity index is 1.58. The third-order valence-electron chi connectivity index (χ3n) is 4.53. The Bertz CT molecular complexity index is 1090. The molecule has 1 atom stereocenters. The molecule has 0 fully saturated rings. The number of ether oxygens (including phenoxy) is 1. The highest BCUT2D eigenvalue weighted by molar-refractivity contribution is 9.10. The fraction of sp³-hybridized carbons (Fsp3) is 0.167. The molecule has 0 aromatic heterocycles. The van der Waals surface area contributed by atoms with E-state index in [1.807, 2.05) is 67.6 Å². The number of nitrogens with one attached hydrogen (secondary N) is 2. The molecular formula is C24H23BrClN3O2. The van der Waals surface area contributed by atoms with Gasteiger partial charge in [-0.3, -0.25) is 4.79 Å². The molecule has 1 amide bonds. The van der Waals surface area contributed by atoms with Gasteiger partial charge in [0, 0.05) is 20.7 Å². The molecule has 31 heavy (non-hydrogen) atoms. The maximum atomic E-state index is 12.4. The number of aryl methyl sites for hydroxylation is 1. The molecular weight excluding hydrogens is 478 g/mol. The smallest absolute Gasteiger partial charge is 0.262 e. The fourth-order valence-corrected chi connectivity index (χ4v) is 3.53. The molecule has 7 heteroatoms. The van der Waals surface area contributed by atoms with E-state index < -0.39 is 6.04 Å². The standard InChI is InChI=1S/C24H23BrClN3O2/c1-16-12-21(26)10-11-22(16)28-17(2)24(30)29-27-14-19-7-3-4-9-23(19)31-15-18-6-5-8-20(25)13-18/h3-14,17,28H,15H2,1-2H3,(H,29,30)/b27-14+. The molecule has 1 unspecified atom stereocenters. The van der Waals surface area contributed by atoms with Crippen molar-refractivity contribution < 1.29 is 9.53 Å². The van der Waals surface area contributed by atoms with Gasteiger partial charge in [0.15, 0.2) is 0 Å². The lowest BCUT2D eigenvalue weighted by molar-refractivity contribution is -0.121. The first-order chi connectivity index (χ1) is 14.9. The van der Waals surface area contributed by atoms with Gasteiger partial charge in [0.25, 0.3) is 5.91 Å². The average molecular weight is 501 g/mol. The minimum atomic E-state index is -0.472. The zero-order chi connectivity index (χ0) is 22.2. The number of rotatable bonds is 8. The van der Waals surface area contributed by atoms with Crippen molar-refractivity contribution in [3.05, 3.63) is 92.9 Å². The number of carbonyl (C=O) groups is 1. The van der Waals surface area contributed by atoms with E-state index >= 15 is 0 Å². The first-order valence-corrected chi connectivity index (χ1v) is 10.9. The van der Waals surface area contributed by atoms with Crippen LogP contribution in [0.4, 0.5) is 5.69 Å². The van der Waals surface area contributed by atoms with Gasteiger partial charge >= 0.3 is 0 Å². The lowest BCUT2D eigenvalue weighted by Gasteiger charge is -2.15. The summed E-state index contributed by atoms with van der Waals surface area (Å²) >= 11 is 9.44. The van der Waals surface area contributed by atoms with Crippen molar-refractivity contribution in [3.8, 4) is 5.75 Å². The van der Waals surface area contributed by atoms with E-state index in [1.165, 1.54) is 0 Å². The number of hydrogen-bond donors (Lipinski definition) is 2. The van der Waals surface area contributed by atoms with Crippen LogP contribution in [0.5, 0.6) is 5.75 Å². The Morgan fingerprint density at radius 2 is 1.97 bits per heavy atom. The normalized spacial score (nSPS) is 11.9. The van der Waals surface area contributed by atoms with Crippen molar-refractivity contribution in [2.24, 2.45) is 5.10 Å². The summed E-state index contributed by atoms with van der Waals surface area (Å²) in [7, 11) is 0. The summed E-state index contributed by atoms with van der Waals surface area (Å²) < 4.78 is 6.94. The molecule has 0 bridgehead atoms. The van der Waals surface area contributed by atoms with Gasteiger partial charge in [-0.25, -0.2) is 5.43 Å². The molecule has 0 heterocycles. The molecule has 0 aliphatic carbocycles. The van der Waals surface area contributed by atoms with E-state index in [4.69, 9.17) is 16.3 Å². The second kappa shape index (κ2) is 11.0. The van der Waals surface area contributed by atoms with E-state index in [2.05, 4.69) is 31.8 Å². The van der Waals surface area contributed by atoms with E-state index in [0.29, 0.717) is 17.4 Å². The highest BCUT2D eigenvalue weighted by Crippen LogP contribution is 2.21. The quantitative estimate of drug-likeness (QED) is 0.297. The number of benzene rings is 3. The summed E-state index contributed by atoms with van der Waals surface area (Å²) in [6.45, 7) is 4.13. The van der Waals surface area contributed by atoms with Gasteiger partial charge in [-0.05, 0) is 67.4 Å². The van der Waals surface area contributed by atoms with Crippen LogP contribution in [-0.2, 0) is 11.4 Å². The Morgan fingerprint density at radius 1 is 1.16 bits per heavy atom. The summed E-state index contributed by atoms with van der Waals surface area (Å²) in [4.78, 5) is 12.4. The highest BCUT2D eigenvalue weighted by atomic mass is 79.9. The van der Waals surface area contributed by atoms with E-state index in [0.717, 1.165) is 26.9 Å². The fourth-order valence-electron chi connectivity index (χ4n) is 2.86. The van der Waals surface area contributed by atoms with Crippen LogP contribution in [0.25, 0.3) is 0 Å². The Kier molecular flexibility index (Phi) is 8.09. The van der Waals surface area contributed by atoms with Crippen molar-refractivity contribution in [3.63, 3.8) is 0 Å². The number of anilines is 1. The number of hydrogen-bond acceptors (Lipinski definition) is 4. The molecule has 2 N–H and O–H groups in total. The lowest BCUT2D eigenvalue weighted by Crippen LogP contribution is -2.35. The van der Waals surface area contributed by atoms with Crippen molar-refractivity contribution in [2.75, 3.05) is 5.32 Å². The summed E-state index contributed by atoms with van der Waals surface area (Å²) in [6, 6.07) is 20.5. The van der Waals surface area contributed by atoms with Crippen LogP contribution < -0.4 is 15.5 Å². The molecule has 3 aromatic rings. The predicted molar refractivity (Wildman–Crippen MR) is 130 cm³/mol. The van der Waals surface area contributed by atoms with E-state index in [-0.39, 0.29) is 5.91 Å². The second-order valence-electron chi connectivity index (χ2n) is 7.02. The van der Waals surface area contributed by atoms with Gasteiger partial charge in [0.2, 0.25) is 0 Å². The van der Waals surface area contributed by atoms with E-state index in [9.17, 15) is 4.79 Å². The van der Waals surface area contributed by atoms with Crippen LogP contribution in [0.3, 0.4) is 0 Å². The third-order valence-corrected chi connectivity index (χ3v) is 5.26. The van der Waals surface area contributed by atoms with Crippen LogP contribution in [0.2, 0.25) is 5.02 Å². The van der Waals surface area contributed by atoms with Crippen molar-refractivity contribution in [2.45, 2.75) is 26.5 Å². The van der Waals surface area contributed by atoms with Gasteiger partial charge < -0.3 is 10.1 Å². The summed E-state index contributed by atoms with van der Waals surface area (Å²) in [5.74, 6) is 0.432. The minimum absolute atomic E-state index is 0.252. The van der Waals surface area contributed by atoms with Gasteiger partial charge in [-0.1, -0.05) is 51.8 Å². The Morgan fingerprint density at radius 3 is 2.74 bits per heavy atom.